The van der Waals surface area contributed by atoms with E-state index in [4.69, 9.17) is 0 Å². The first-order valence-corrected chi connectivity index (χ1v) is 6.27. The van der Waals surface area contributed by atoms with Gasteiger partial charge in [-0.3, -0.25) is 0 Å². The lowest BCUT2D eigenvalue weighted by Crippen LogP contribution is -2.01. The number of rotatable bonds is 4. The molecule has 0 heterocycles. The fourth-order valence-electron chi connectivity index (χ4n) is 0.883. The Bertz CT molecular complexity index is 289. The van der Waals surface area contributed by atoms with Crippen LogP contribution in [0, 0.1) is 0 Å². The van der Waals surface area contributed by atoms with Crippen molar-refractivity contribution in [3.8, 4) is 0 Å². The molecule has 0 bridgehead atoms. The van der Waals surface area contributed by atoms with Gasteiger partial charge < -0.3 is 3.87 Å². The molecule has 12 heavy (non-hydrogen) atoms. The highest BCUT2D eigenvalue weighted by Crippen LogP contribution is 1.97. The van der Waals surface area contributed by atoms with Crippen LogP contribution in [0.2, 0.25) is 0 Å². The molecular formula is C7H10O3SSi. The lowest BCUT2D eigenvalue weighted by atomic mass is 10.2. The predicted octanol–water partition coefficient (Wildman–Crippen LogP) is -0.187. The van der Waals surface area contributed by atoms with Crippen LogP contribution in [-0.2, 0) is 20.9 Å². The van der Waals surface area contributed by atoms with Crippen LogP contribution >= 0.6 is 0 Å². The topological polar surface area (TPSA) is 43.4 Å². The zero-order valence-corrected chi connectivity index (χ0v) is 8.78. The Morgan fingerprint density at radius 2 is 1.92 bits per heavy atom. The van der Waals surface area contributed by atoms with Crippen LogP contribution in [0.1, 0.15) is 5.56 Å². The van der Waals surface area contributed by atoms with E-state index in [9.17, 15) is 8.42 Å². The van der Waals surface area contributed by atoms with Crippen LogP contribution in [0.4, 0.5) is 0 Å². The van der Waals surface area contributed by atoms with Gasteiger partial charge in [0.1, 0.15) is 0 Å². The summed E-state index contributed by atoms with van der Waals surface area (Å²) in [4.78, 5) is 0. The third-order valence-corrected chi connectivity index (χ3v) is 3.79. The third-order valence-electron chi connectivity index (χ3n) is 1.43. The highest BCUT2D eigenvalue weighted by molar-refractivity contribution is 7.68. The molecule has 0 amide bonds. The first-order chi connectivity index (χ1) is 5.79. The van der Waals surface area contributed by atoms with E-state index in [1.54, 1.807) is 0 Å². The van der Waals surface area contributed by atoms with E-state index in [-0.39, 0.29) is 0 Å². The zero-order valence-electron chi connectivity index (χ0n) is 6.47. The Hall–Kier alpha value is -0.653. The van der Waals surface area contributed by atoms with E-state index in [1.807, 2.05) is 30.3 Å². The molecule has 0 fully saturated rings. The maximum absolute atomic E-state index is 10.0. The molecule has 0 radical (unpaired) electrons. The van der Waals surface area contributed by atoms with Crippen molar-refractivity contribution >= 4 is 20.7 Å². The summed E-state index contributed by atoms with van der Waals surface area (Å²) >= 11 is 0. The molecule has 5 heteroatoms. The molecule has 1 aromatic carbocycles. The standard InChI is InChI=1S/C7H10O3SSi/c8-11(9)10-12-6-7-4-2-1-3-5-7/h1-5,11H,6,12H2. The molecule has 0 unspecified atom stereocenters. The van der Waals surface area contributed by atoms with Gasteiger partial charge in [0.05, 0.1) is 0 Å². The van der Waals surface area contributed by atoms with E-state index >= 15 is 0 Å². The molecule has 0 spiro atoms. The lowest BCUT2D eigenvalue weighted by Gasteiger charge is -1.96. The molecule has 0 saturated carbocycles. The number of benzene rings is 1. The quantitative estimate of drug-likeness (QED) is 0.544. The van der Waals surface area contributed by atoms with Crippen molar-refractivity contribution in [2.75, 3.05) is 0 Å². The Balaban J connectivity index is 2.34. The van der Waals surface area contributed by atoms with Crippen LogP contribution in [0.5, 0.6) is 0 Å². The van der Waals surface area contributed by atoms with Crippen LogP contribution in [0.3, 0.4) is 0 Å². The Morgan fingerprint density at radius 1 is 1.25 bits per heavy atom. The minimum Gasteiger partial charge on any atom is -0.325 e. The van der Waals surface area contributed by atoms with Gasteiger partial charge in [-0.15, -0.1) is 0 Å². The van der Waals surface area contributed by atoms with E-state index in [0.717, 1.165) is 11.6 Å². The third kappa shape index (κ3) is 3.66. The number of hydrogen-bond acceptors (Lipinski definition) is 3. The van der Waals surface area contributed by atoms with Crippen molar-refractivity contribution < 1.29 is 12.3 Å². The maximum Gasteiger partial charge on any atom is 0.246 e. The minimum absolute atomic E-state index is 0.768. The molecule has 0 aromatic heterocycles. The summed E-state index contributed by atoms with van der Waals surface area (Å²) in [6, 6.07) is 10.5. The Kier molecular flexibility index (Phi) is 3.99. The molecule has 0 atom stereocenters. The van der Waals surface area contributed by atoms with Crippen LogP contribution < -0.4 is 0 Å². The van der Waals surface area contributed by atoms with Crippen LogP contribution in [-0.4, -0.2) is 18.2 Å². The minimum atomic E-state index is -2.63. The number of thiol groups is 1. The molecule has 0 N–H and O–H groups in total. The van der Waals surface area contributed by atoms with Gasteiger partial charge in [0.15, 0.2) is 9.76 Å². The van der Waals surface area contributed by atoms with Crippen molar-refractivity contribution in [1.29, 1.82) is 0 Å². The van der Waals surface area contributed by atoms with Crippen molar-refractivity contribution in [1.82, 2.24) is 0 Å². The second kappa shape index (κ2) is 5.07. The van der Waals surface area contributed by atoms with Crippen molar-refractivity contribution in [3.63, 3.8) is 0 Å². The lowest BCUT2D eigenvalue weighted by molar-refractivity contribution is 0.525. The molecule has 66 valence electrons. The molecule has 1 aromatic rings. The number of hydrogen-bond donors (Lipinski definition) is 1. The van der Waals surface area contributed by atoms with Gasteiger partial charge >= 0.3 is 0 Å². The average Bonchev–Trinajstić information content (AvgIpc) is 2.05. The monoisotopic (exact) mass is 202 g/mol. The second-order valence-electron chi connectivity index (χ2n) is 2.29. The summed E-state index contributed by atoms with van der Waals surface area (Å²) in [5.41, 5.74) is 1.14. The summed E-state index contributed by atoms with van der Waals surface area (Å²) in [6.45, 7) is 0. The average molecular weight is 202 g/mol. The maximum atomic E-state index is 10.0. The SMILES string of the molecule is O=[SH](=O)O[SiH2]Cc1ccccc1. The van der Waals surface area contributed by atoms with Gasteiger partial charge in [-0.25, -0.2) is 8.42 Å². The van der Waals surface area contributed by atoms with Gasteiger partial charge in [-0.05, 0) is 11.6 Å². The summed E-state index contributed by atoms with van der Waals surface area (Å²) in [5, 5.41) is 0. The largest absolute Gasteiger partial charge is 0.325 e. The fraction of sp³-hybridized carbons (Fsp3) is 0.143. The fourth-order valence-corrected chi connectivity index (χ4v) is 2.41. The Labute approximate surface area is 75.5 Å². The predicted molar refractivity (Wildman–Crippen MR) is 50.1 cm³/mol. The van der Waals surface area contributed by atoms with E-state index in [0.29, 0.717) is 0 Å². The molecular weight excluding hydrogens is 192 g/mol. The molecule has 0 saturated heterocycles. The van der Waals surface area contributed by atoms with Gasteiger partial charge in [0.2, 0.25) is 11.0 Å². The summed E-state index contributed by atoms with van der Waals surface area (Å²) in [6.07, 6.45) is 0. The highest BCUT2D eigenvalue weighted by Gasteiger charge is 1.92. The normalized spacial score (nSPS) is 11.4. The highest BCUT2D eigenvalue weighted by atomic mass is 32.2. The molecule has 0 aliphatic rings. The van der Waals surface area contributed by atoms with Gasteiger partial charge in [0.25, 0.3) is 0 Å². The molecule has 3 nitrogen and oxygen atoms in total. The summed E-state index contributed by atoms with van der Waals surface area (Å²) in [5.74, 6) is 0. The van der Waals surface area contributed by atoms with Crippen molar-refractivity contribution in [3.05, 3.63) is 35.9 Å². The van der Waals surface area contributed by atoms with Crippen LogP contribution in [0.15, 0.2) is 30.3 Å². The first kappa shape index (κ1) is 9.44. The smallest absolute Gasteiger partial charge is 0.246 e. The zero-order chi connectivity index (χ0) is 8.81. The molecule has 0 aliphatic carbocycles. The van der Waals surface area contributed by atoms with Gasteiger partial charge in [0, 0.05) is 0 Å². The summed E-state index contributed by atoms with van der Waals surface area (Å²) < 4.78 is 24.6. The molecule has 1 rings (SSSR count). The molecule has 0 aliphatic heterocycles. The van der Waals surface area contributed by atoms with Crippen molar-refractivity contribution in [2.45, 2.75) is 6.04 Å². The first-order valence-electron chi connectivity index (χ1n) is 3.60. The Morgan fingerprint density at radius 3 is 2.50 bits per heavy atom. The van der Waals surface area contributed by atoms with Gasteiger partial charge in [-0.1, -0.05) is 30.3 Å². The second-order valence-corrected chi connectivity index (χ2v) is 4.68. The van der Waals surface area contributed by atoms with Crippen LogP contribution in [0.25, 0.3) is 0 Å². The van der Waals surface area contributed by atoms with E-state index in [2.05, 4.69) is 3.87 Å². The van der Waals surface area contributed by atoms with E-state index in [1.165, 1.54) is 0 Å². The van der Waals surface area contributed by atoms with E-state index < -0.39 is 20.7 Å². The summed E-state index contributed by atoms with van der Waals surface area (Å²) in [7, 11) is -3.57. The van der Waals surface area contributed by atoms with Crippen molar-refractivity contribution in [2.24, 2.45) is 0 Å². The van der Waals surface area contributed by atoms with Gasteiger partial charge in [-0.2, -0.15) is 0 Å².